The number of piperazine rings is 1. The molecule has 27 heavy (non-hydrogen) atoms. The van der Waals surface area contributed by atoms with Crippen LogP contribution in [-0.2, 0) is 4.79 Å². The van der Waals surface area contributed by atoms with E-state index >= 15 is 0 Å². The number of benzene rings is 1. The van der Waals surface area contributed by atoms with Crippen molar-refractivity contribution in [2.75, 3.05) is 37.6 Å². The number of nitrogens with zero attached hydrogens (tertiary/aromatic N) is 2. The molecule has 1 aliphatic carbocycles. The van der Waals surface area contributed by atoms with Crippen molar-refractivity contribution in [2.45, 2.75) is 38.6 Å². The summed E-state index contributed by atoms with van der Waals surface area (Å²) >= 11 is 6.26. The zero-order chi connectivity index (χ0) is 19.2. The number of carbonyl (C=O) groups excluding carboxylic acids is 2. The first-order valence-corrected chi connectivity index (χ1v) is 10.2. The fourth-order valence-corrected chi connectivity index (χ4v) is 4.21. The number of hydrogen-bond acceptors (Lipinski definition) is 4. The molecule has 0 spiro atoms. The second-order valence-electron chi connectivity index (χ2n) is 7.60. The lowest BCUT2D eigenvalue weighted by atomic mass is 9.86. The van der Waals surface area contributed by atoms with Crippen LogP contribution in [0.15, 0.2) is 24.3 Å². The SMILES string of the molecule is CC1CCCCC1NC(=O)NC(=O)CN1CCN(c2ccccc2Cl)CC1. The second kappa shape index (κ2) is 9.42. The van der Waals surface area contributed by atoms with Gasteiger partial charge in [0.2, 0.25) is 5.91 Å². The van der Waals surface area contributed by atoms with Crippen molar-refractivity contribution in [3.8, 4) is 0 Å². The van der Waals surface area contributed by atoms with Gasteiger partial charge in [-0.15, -0.1) is 0 Å². The Kier molecular flexibility index (Phi) is 6.96. The van der Waals surface area contributed by atoms with Gasteiger partial charge in [-0.3, -0.25) is 15.0 Å². The van der Waals surface area contributed by atoms with Gasteiger partial charge in [0.25, 0.3) is 0 Å². The minimum absolute atomic E-state index is 0.172. The highest BCUT2D eigenvalue weighted by Gasteiger charge is 2.24. The van der Waals surface area contributed by atoms with E-state index in [-0.39, 0.29) is 24.5 Å². The Morgan fingerprint density at radius 3 is 2.52 bits per heavy atom. The van der Waals surface area contributed by atoms with Crippen LogP contribution in [-0.4, -0.2) is 55.6 Å². The largest absolute Gasteiger partial charge is 0.368 e. The third kappa shape index (κ3) is 5.59. The van der Waals surface area contributed by atoms with Crippen molar-refractivity contribution in [2.24, 2.45) is 5.92 Å². The first kappa shape index (κ1) is 20.0. The predicted molar refractivity (Wildman–Crippen MR) is 108 cm³/mol. The molecule has 1 aromatic carbocycles. The van der Waals surface area contributed by atoms with Crippen molar-refractivity contribution in [1.29, 1.82) is 0 Å². The molecule has 1 heterocycles. The molecule has 0 aromatic heterocycles. The Balaban J connectivity index is 1.40. The fourth-order valence-electron chi connectivity index (χ4n) is 3.96. The number of para-hydroxylation sites is 1. The number of amides is 3. The van der Waals surface area contributed by atoms with Crippen molar-refractivity contribution >= 4 is 29.2 Å². The number of hydrogen-bond donors (Lipinski definition) is 2. The highest BCUT2D eigenvalue weighted by molar-refractivity contribution is 6.33. The first-order chi connectivity index (χ1) is 13.0. The minimum Gasteiger partial charge on any atom is -0.368 e. The second-order valence-corrected chi connectivity index (χ2v) is 8.01. The van der Waals surface area contributed by atoms with Gasteiger partial charge in [-0.25, -0.2) is 4.79 Å². The van der Waals surface area contributed by atoms with Gasteiger partial charge < -0.3 is 10.2 Å². The van der Waals surface area contributed by atoms with E-state index in [0.29, 0.717) is 5.92 Å². The van der Waals surface area contributed by atoms with Gasteiger partial charge in [-0.1, -0.05) is 43.5 Å². The molecule has 0 bridgehead atoms. The molecular formula is C20H29ClN4O2. The number of carbonyl (C=O) groups is 2. The summed E-state index contributed by atoms with van der Waals surface area (Å²) in [6, 6.07) is 7.61. The molecule has 2 fully saturated rings. The Morgan fingerprint density at radius 2 is 1.81 bits per heavy atom. The first-order valence-electron chi connectivity index (χ1n) is 9.85. The van der Waals surface area contributed by atoms with E-state index in [2.05, 4.69) is 27.4 Å². The fraction of sp³-hybridized carbons (Fsp3) is 0.600. The summed E-state index contributed by atoms with van der Waals surface area (Å²) in [7, 11) is 0. The van der Waals surface area contributed by atoms with Crippen LogP contribution >= 0.6 is 11.6 Å². The van der Waals surface area contributed by atoms with E-state index in [1.807, 2.05) is 24.3 Å². The number of anilines is 1. The topological polar surface area (TPSA) is 64.7 Å². The number of imide groups is 1. The lowest BCUT2D eigenvalue weighted by Gasteiger charge is -2.36. The Labute approximate surface area is 166 Å². The van der Waals surface area contributed by atoms with E-state index < -0.39 is 0 Å². The lowest BCUT2D eigenvalue weighted by Crippen LogP contribution is -2.52. The van der Waals surface area contributed by atoms with Crippen molar-refractivity contribution in [3.05, 3.63) is 29.3 Å². The quantitative estimate of drug-likeness (QED) is 0.826. The monoisotopic (exact) mass is 392 g/mol. The van der Waals surface area contributed by atoms with E-state index in [4.69, 9.17) is 11.6 Å². The van der Waals surface area contributed by atoms with E-state index in [1.54, 1.807) is 0 Å². The van der Waals surface area contributed by atoms with Gasteiger partial charge in [0.1, 0.15) is 0 Å². The Hall–Kier alpha value is -1.79. The zero-order valence-corrected chi connectivity index (χ0v) is 16.7. The van der Waals surface area contributed by atoms with Crippen LogP contribution in [0.2, 0.25) is 5.02 Å². The van der Waals surface area contributed by atoms with E-state index in [1.165, 1.54) is 6.42 Å². The van der Waals surface area contributed by atoms with Crippen LogP contribution in [0.25, 0.3) is 0 Å². The van der Waals surface area contributed by atoms with Crippen LogP contribution in [0.4, 0.5) is 10.5 Å². The molecule has 0 radical (unpaired) electrons. The number of urea groups is 1. The maximum absolute atomic E-state index is 12.2. The minimum atomic E-state index is -0.367. The zero-order valence-electron chi connectivity index (χ0n) is 15.9. The summed E-state index contributed by atoms with van der Waals surface area (Å²) in [4.78, 5) is 28.6. The van der Waals surface area contributed by atoms with E-state index in [9.17, 15) is 9.59 Å². The van der Waals surface area contributed by atoms with Gasteiger partial charge in [0, 0.05) is 32.2 Å². The average molecular weight is 393 g/mol. The number of halogens is 1. The number of nitrogens with one attached hydrogen (secondary N) is 2. The highest BCUT2D eigenvalue weighted by Crippen LogP contribution is 2.26. The van der Waals surface area contributed by atoms with Crippen molar-refractivity contribution < 1.29 is 9.59 Å². The van der Waals surface area contributed by atoms with Gasteiger partial charge in [0.05, 0.1) is 17.3 Å². The molecule has 2 aliphatic rings. The van der Waals surface area contributed by atoms with E-state index in [0.717, 1.165) is 56.2 Å². The molecule has 6 nitrogen and oxygen atoms in total. The smallest absolute Gasteiger partial charge is 0.321 e. The summed E-state index contributed by atoms with van der Waals surface area (Å²) in [6.07, 6.45) is 4.49. The van der Waals surface area contributed by atoms with Crippen LogP contribution in [0.5, 0.6) is 0 Å². The molecule has 2 unspecified atom stereocenters. The van der Waals surface area contributed by atoms with Crippen LogP contribution in [0, 0.1) is 5.92 Å². The standard InChI is InChI=1S/C20H29ClN4O2/c1-15-6-2-4-8-17(15)22-20(27)23-19(26)14-24-10-12-25(13-11-24)18-9-5-3-7-16(18)21/h3,5,7,9,15,17H,2,4,6,8,10-14H2,1H3,(H2,22,23,26,27). The number of rotatable bonds is 4. The lowest BCUT2D eigenvalue weighted by molar-refractivity contribution is -0.121. The van der Waals surface area contributed by atoms with Gasteiger partial charge in [-0.2, -0.15) is 0 Å². The normalized spacial score (nSPS) is 23.7. The summed E-state index contributed by atoms with van der Waals surface area (Å²) in [6.45, 7) is 5.54. The molecular weight excluding hydrogens is 364 g/mol. The molecule has 7 heteroatoms. The predicted octanol–water partition coefficient (Wildman–Crippen LogP) is 2.87. The molecule has 148 valence electrons. The van der Waals surface area contributed by atoms with Crippen molar-refractivity contribution in [3.63, 3.8) is 0 Å². The third-order valence-electron chi connectivity index (χ3n) is 5.61. The maximum atomic E-state index is 12.2. The molecule has 1 saturated heterocycles. The van der Waals surface area contributed by atoms with Crippen molar-refractivity contribution in [1.82, 2.24) is 15.5 Å². The van der Waals surface area contributed by atoms with Gasteiger partial charge >= 0.3 is 6.03 Å². The third-order valence-corrected chi connectivity index (χ3v) is 5.93. The summed E-state index contributed by atoms with van der Waals surface area (Å²) in [5.41, 5.74) is 1.03. The molecule has 1 saturated carbocycles. The average Bonchev–Trinajstić information content (AvgIpc) is 2.65. The summed E-state index contributed by atoms with van der Waals surface area (Å²) in [5, 5.41) is 6.19. The summed E-state index contributed by atoms with van der Waals surface area (Å²) < 4.78 is 0. The van der Waals surface area contributed by atoms with Crippen LogP contribution < -0.4 is 15.5 Å². The highest BCUT2D eigenvalue weighted by atomic mass is 35.5. The molecule has 3 rings (SSSR count). The Bertz CT molecular complexity index is 661. The van der Waals surface area contributed by atoms with Gasteiger partial charge in [0.15, 0.2) is 0 Å². The molecule has 2 atom stereocenters. The molecule has 1 aromatic rings. The molecule has 3 amide bonds. The maximum Gasteiger partial charge on any atom is 0.321 e. The molecule has 1 aliphatic heterocycles. The van der Waals surface area contributed by atoms with Crippen LogP contribution in [0.3, 0.4) is 0 Å². The Morgan fingerprint density at radius 1 is 1.11 bits per heavy atom. The molecule has 2 N–H and O–H groups in total. The van der Waals surface area contributed by atoms with Crippen LogP contribution in [0.1, 0.15) is 32.6 Å². The summed E-state index contributed by atoms with van der Waals surface area (Å²) in [5.74, 6) is 0.222. The van der Waals surface area contributed by atoms with Gasteiger partial charge in [-0.05, 0) is 30.9 Å².